The molecule has 1 amide bonds. The van der Waals surface area contributed by atoms with Crippen LogP contribution in [0.25, 0.3) is 0 Å². The van der Waals surface area contributed by atoms with Crippen molar-refractivity contribution in [3.8, 4) is 5.75 Å². The molecule has 0 unspecified atom stereocenters. The molecule has 3 nitrogen and oxygen atoms in total. The molecule has 0 aliphatic rings. The Bertz CT molecular complexity index is 520. The lowest BCUT2D eigenvalue weighted by molar-refractivity contribution is -0.115. The molecule has 0 aromatic heterocycles. The minimum absolute atomic E-state index is 0.121. The highest BCUT2D eigenvalue weighted by atomic mass is 35.5. The van der Waals surface area contributed by atoms with E-state index in [0.717, 1.165) is 5.56 Å². The Labute approximate surface area is 110 Å². The summed E-state index contributed by atoms with van der Waals surface area (Å²) in [6.45, 7) is 0. The third-order valence-corrected chi connectivity index (χ3v) is 2.62. The van der Waals surface area contributed by atoms with Gasteiger partial charge in [-0.3, -0.25) is 4.79 Å². The van der Waals surface area contributed by atoms with Gasteiger partial charge in [-0.05, 0) is 29.8 Å². The van der Waals surface area contributed by atoms with E-state index in [2.05, 4.69) is 5.32 Å². The molecule has 2 aromatic rings. The number of carbonyl (C=O) groups excluding carboxylic acids is 1. The second-order valence-corrected chi connectivity index (χ2v) is 4.34. The highest BCUT2D eigenvalue weighted by Crippen LogP contribution is 2.16. The SMILES string of the molecule is O=C(Cc1cccc(Cl)c1)Nc1cccc(O)c1. The van der Waals surface area contributed by atoms with Gasteiger partial charge < -0.3 is 10.4 Å². The summed E-state index contributed by atoms with van der Waals surface area (Å²) in [6.07, 6.45) is 0.246. The number of aromatic hydroxyl groups is 1. The molecule has 4 heteroatoms. The van der Waals surface area contributed by atoms with Crippen molar-refractivity contribution in [3.63, 3.8) is 0 Å². The van der Waals surface area contributed by atoms with Crippen molar-refractivity contribution in [2.24, 2.45) is 0 Å². The molecule has 0 saturated carbocycles. The number of phenolic OH excluding ortho intramolecular Hbond substituents is 1. The van der Waals surface area contributed by atoms with Gasteiger partial charge in [-0.2, -0.15) is 0 Å². The van der Waals surface area contributed by atoms with E-state index in [1.807, 2.05) is 6.07 Å². The zero-order valence-corrected chi connectivity index (χ0v) is 10.3. The van der Waals surface area contributed by atoms with Gasteiger partial charge in [-0.15, -0.1) is 0 Å². The lowest BCUT2D eigenvalue weighted by Crippen LogP contribution is -2.14. The third kappa shape index (κ3) is 3.50. The summed E-state index contributed by atoms with van der Waals surface area (Å²) in [4.78, 5) is 11.8. The first-order chi connectivity index (χ1) is 8.63. The van der Waals surface area contributed by atoms with Crippen LogP contribution in [0.15, 0.2) is 48.5 Å². The summed E-state index contributed by atoms with van der Waals surface area (Å²) in [5, 5.41) is 12.6. The molecule has 2 aromatic carbocycles. The summed E-state index contributed by atoms with van der Waals surface area (Å²) < 4.78 is 0. The van der Waals surface area contributed by atoms with Crippen LogP contribution in [-0.2, 0) is 11.2 Å². The van der Waals surface area contributed by atoms with Gasteiger partial charge in [0.25, 0.3) is 0 Å². The van der Waals surface area contributed by atoms with Crippen molar-refractivity contribution >= 4 is 23.2 Å². The quantitative estimate of drug-likeness (QED) is 0.891. The molecule has 0 aliphatic heterocycles. The number of amides is 1. The highest BCUT2D eigenvalue weighted by Gasteiger charge is 2.04. The van der Waals surface area contributed by atoms with Gasteiger partial charge in [0.1, 0.15) is 5.75 Å². The van der Waals surface area contributed by atoms with Crippen LogP contribution in [0, 0.1) is 0 Å². The number of hydrogen-bond acceptors (Lipinski definition) is 2. The van der Waals surface area contributed by atoms with E-state index in [4.69, 9.17) is 11.6 Å². The van der Waals surface area contributed by atoms with Crippen molar-refractivity contribution in [1.29, 1.82) is 0 Å². The molecule has 0 radical (unpaired) electrons. The predicted octanol–water partition coefficient (Wildman–Crippen LogP) is 3.23. The number of hydrogen-bond donors (Lipinski definition) is 2. The molecule has 2 N–H and O–H groups in total. The van der Waals surface area contributed by atoms with Gasteiger partial charge in [0.05, 0.1) is 6.42 Å². The van der Waals surface area contributed by atoms with E-state index in [9.17, 15) is 9.90 Å². The van der Waals surface area contributed by atoms with Crippen molar-refractivity contribution in [2.45, 2.75) is 6.42 Å². The normalized spacial score (nSPS) is 10.1. The van der Waals surface area contributed by atoms with E-state index in [1.54, 1.807) is 36.4 Å². The number of nitrogens with one attached hydrogen (secondary N) is 1. The summed E-state index contributed by atoms with van der Waals surface area (Å²) in [5.41, 5.74) is 1.42. The molecule has 0 spiro atoms. The maximum absolute atomic E-state index is 11.8. The highest BCUT2D eigenvalue weighted by molar-refractivity contribution is 6.30. The first kappa shape index (κ1) is 12.5. The molecule has 18 heavy (non-hydrogen) atoms. The van der Waals surface area contributed by atoms with Crippen LogP contribution in [0.3, 0.4) is 0 Å². The first-order valence-corrected chi connectivity index (χ1v) is 5.84. The molecule has 0 bridgehead atoms. The second kappa shape index (κ2) is 5.56. The maximum atomic E-state index is 11.8. The molecule has 0 atom stereocenters. The lowest BCUT2D eigenvalue weighted by Gasteiger charge is -2.05. The molecular formula is C14H12ClNO2. The third-order valence-electron chi connectivity index (χ3n) is 2.38. The summed E-state index contributed by atoms with van der Waals surface area (Å²) >= 11 is 5.84. The molecule has 0 saturated heterocycles. The van der Waals surface area contributed by atoms with E-state index in [0.29, 0.717) is 10.7 Å². The van der Waals surface area contributed by atoms with Crippen LogP contribution in [-0.4, -0.2) is 11.0 Å². The van der Waals surface area contributed by atoms with Gasteiger partial charge in [0.15, 0.2) is 0 Å². The average molecular weight is 262 g/mol. The van der Waals surface area contributed by atoms with E-state index in [-0.39, 0.29) is 18.1 Å². The van der Waals surface area contributed by atoms with Crippen molar-refractivity contribution in [1.82, 2.24) is 0 Å². The van der Waals surface area contributed by atoms with Crippen molar-refractivity contribution in [2.75, 3.05) is 5.32 Å². The number of benzene rings is 2. The van der Waals surface area contributed by atoms with E-state index < -0.39 is 0 Å². The van der Waals surface area contributed by atoms with E-state index in [1.165, 1.54) is 6.07 Å². The summed E-state index contributed by atoms with van der Waals surface area (Å²) in [6, 6.07) is 13.6. The van der Waals surface area contributed by atoms with Crippen molar-refractivity contribution < 1.29 is 9.90 Å². The fourth-order valence-corrected chi connectivity index (χ4v) is 1.83. The predicted molar refractivity (Wildman–Crippen MR) is 71.9 cm³/mol. The van der Waals surface area contributed by atoms with Gasteiger partial charge in [-0.25, -0.2) is 0 Å². The fourth-order valence-electron chi connectivity index (χ4n) is 1.62. The van der Waals surface area contributed by atoms with E-state index >= 15 is 0 Å². The fraction of sp³-hybridized carbons (Fsp3) is 0.0714. The molecule has 0 aliphatic carbocycles. The minimum Gasteiger partial charge on any atom is -0.508 e. The molecule has 2 rings (SSSR count). The van der Waals surface area contributed by atoms with Crippen LogP contribution >= 0.6 is 11.6 Å². The maximum Gasteiger partial charge on any atom is 0.228 e. The van der Waals surface area contributed by atoms with Crippen LogP contribution in [0.5, 0.6) is 5.75 Å². The number of rotatable bonds is 3. The van der Waals surface area contributed by atoms with Gasteiger partial charge in [0, 0.05) is 16.8 Å². The zero-order chi connectivity index (χ0) is 13.0. The Balaban J connectivity index is 2.01. The standard InChI is InChI=1S/C14H12ClNO2/c15-11-4-1-3-10(7-11)8-14(18)16-12-5-2-6-13(17)9-12/h1-7,9,17H,8H2,(H,16,18). The lowest BCUT2D eigenvalue weighted by atomic mass is 10.1. The van der Waals surface area contributed by atoms with Crippen molar-refractivity contribution in [3.05, 3.63) is 59.1 Å². The monoisotopic (exact) mass is 261 g/mol. The number of halogens is 1. The molecule has 92 valence electrons. The molecule has 0 fully saturated rings. The van der Waals surface area contributed by atoms with Gasteiger partial charge >= 0.3 is 0 Å². The Morgan fingerprint density at radius 3 is 2.67 bits per heavy atom. The second-order valence-electron chi connectivity index (χ2n) is 3.91. The number of phenols is 1. The largest absolute Gasteiger partial charge is 0.508 e. The van der Waals surface area contributed by atoms with Gasteiger partial charge in [-0.1, -0.05) is 29.8 Å². The summed E-state index contributed by atoms with van der Waals surface area (Å²) in [7, 11) is 0. The van der Waals surface area contributed by atoms with Gasteiger partial charge in [0.2, 0.25) is 5.91 Å². The Hall–Kier alpha value is -2.00. The molecular weight excluding hydrogens is 250 g/mol. The Morgan fingerprint density at radius 2 is 1.94 bits per heavy atom. The first-order valence-electron chi connectivity index (χ1n) is 5.47. The smallest absolute Gasteiger partial charge is 0.228 e. The number of anilines is 1. The van der Waals surface area contributed by atoms with Crippen LogP contribution < -0.4 is 5.32 Å². The van der Waals surface area contributed by atoms with Crippen LogP contribution in [0.2, 0.25) is 5.02 Å². The zero-order valence-electron chi connectivity index (χ0n) is 9.56. The topological polar surface area (TPSA) is 49.3 Å². The Kier molecular flexibility index (Phi) is 3.85. The molecule has 0 heterocycles. The Morgan fingerprint density at radius 1 is 1.17 bits per heavy atom. The number of carbonyl (C=O) groups is 1. The minimum atomic E-state index is -0.150. The summed E-state index contributed by atoms with van der Waals surface area (Å²) in [5.74, 6) is -0.0292. The van der Waals surface area contributed by atoms with Crippen LogP contribution in [0.1, 0.15) is 5.56 Å². The average Bonchev–Trinajstić information content (AvgIpc) is 2.28. The van der Waals surface area contributed by atoms with Crippen LogP contribution in [0.4, 0.5) is 5.69 Å².